The molecule has 0 radical (unpaired) electrons. The van der Waals surface area contributed by atoms with Gasteiger partial charge in [-0.15, -0.1) is 0 Å². The highest BCUT2D eigenvalue weighted by molar-refractivity contribution is 5.89. The van der Waals surface area contributed by atoms with Crippen LogP contribution in [0.25, 0.3) is 0 Å². The predicted octanol–water partition coefficient (Wildman–Crippen LogP) is 3.07. The lowest BCUT2D eigenvalue weighted by molar-refractivity contribution is 0.111. The Balaban J connectivity index is 1.31. The molecule has 1 aromatic carbocycles. The third kappa shape index (κ3) is 5.48. The van der Waals surface area contributed by atoms with Crippen molar-refractivity contribution in [3.05, 3.63) is 82.7 Å². The van der Waals surface area contributed by atoms with Crippen molar-refractivity contribution in [2.24, 2.45) is 0 Å². The summed E-state index contributed by atoms with van der Waals surface area (Å²) in [6.45, 7) is 3.64. The molecular formula is C23H25N5O3. The number of rotatable bonds is 5. The van der Waals surface area contributed by atoms with E-state index >= 15 is 0 Å². The van der Waals surface area contributed by atoms with Crippen molar-refractivity contribution in [1.29, 1.82) is 0 Å². The minimum Gasteiger partial charge on any atom is -0.474 e. The van der Waals surface area contributed by atoms with Crippen LogP contribution in [0.5, 0.6) is 5.88 Å². The summed E-state index contributed by atoms with van der Waals surface area (Å²) < 4.78 is 7.48. The van der Waals surface area contributed by atoms with Crippen LogP contribution in [0.15, 0.2) is 65.8 Å². The number of likely N-dealkylation sites (tertiary alicyclic amines) is 1. The zero-order chi connectivity index (χ0) is 21.6. The Kier molecular flexibility index (Phi) is 6.26. The Labute approximate surface area is 180 Å². The van der Waals surface area contributed by atoms with Gasteiger partial charge in [-0.3, -0.25) is 4.57 Å². The normalized spacial score (nSPS) is 14.3. The lowest BCUT2D eigenvalue weighted by Crippen LogP contribution is -2.43. The van der Waals surface area contributed by atoms with E-state index in [0.29, 0.717) is 31.2 Å². The van der Waals surface area contributed by atoms with Gasteiger partial charge in [0.1, 0.15) is 6.10 Å². The Bertz CT molecular complexity index is 1110. The highest BCUT2D eigenvalue weighted by Crippen LogP contribution is 2.19. The Morgan fingerprint density at radius 3 is 2.74 bits per heavy atom. The summed E-state index contributed by atoms with van der Waals surface area (Å²) in [5.74, 6) is 0.632. The minimum absolute atomic E-state index is 0.0551. The van der Waals surface area contributed by atoms with Crippen LogP contribution in [0, 0.1) is 6.92 Å². The number of aryl methyl sites for hydroxylation is 1. The lowest BCUT2D eigenvalue weighted by atomic mass is 10.1. The first-order valence-corrected chi connectivity index (χ1v) is 10.3. The zero-order valence-corrected chi connectivity index (χ0v) is 17.4. The molecule has 8 heteroatoms. The number of nitrogens with zero attached hydrogens (tertiary/aromatic N) is 4. The number of benzene rings is 1. The number of hydrogen-bond donors (Lipinski definition) is 1. The van der Waals surface area contributed by atoms with E-state index in [2.05, 4.69) is 15.3 Å². The van der Waals surface area contributed by atoms with Crippen molar-refractivity contribution in [2.45, 2.75) is 32.4 Å². The number of carbonyl (C=O) groups excluding carboxylic acids is 1. The molecular weight excluding hydrogens is 394 g/mol. The number of anilines is 1. The second-order valence-corrected chi connectivity index (χ2v) is 7.64. The Morgan fingerprint density at radius 1 is 1.13 bits per heavy atom. The number of piperidine rings is 1. The summed E-state index contributed by atoms with van der Waals surface area (Å²) in [4.78, 5) is 34.3. The molecule has 1 fully saturated rings. The van der Waals surface area contributed by atoms with E-state index < -0.39 is 0 Å². The van der Waals surface area contributed by atoms with E-state index in [4.69, 9.17) is 4.74 Å². The number of amides is 2. The van der Waals surface area contributed by atoms with E-state index in [1.54, 1.807) is 23.4 Å². The number of pyridine rings is 1. The van der Waals surface area contributed by atoms with Crippen LogP contribution < -0.4 is 15.7 Å². The van der Waals surface area contributed by atoms with Crippen LogP contribution in [0.1, 0.15) is 24.0 Å². The minimum atomic E-state index is -0.303. The largest absolute Gasteiger partial charge is 0.474 e. The fourth-order valence-corrected chi connectivity index (χ4v) is 3.57. The first-order valence-electron chi connectivity index (χ1n) is 10.3. The highest BCUT2D eigenvalue weighted by atomic mass is 16.5. The second kappa shape index (κ2) is 9.42. The van der Waals surface area contributed by atoms with Crippen LogP contribution in [0.2, 0.25) is 0 Å². The molecule has 2 aromatic heterocycles. The maximum Gasteiger partial charge on any atom is 0.347 e. The predicted molar refractivity (Wildman–Crippen MR) is 117 cm³/mol. The summed E-state index contributed by atoms with van der Waals surface area (Å²) in [5.41, 5.74) is 2.41. The maximum absolute atomic E-state index is 12.7. The molecule has 3 aromatic rings. The first kappa shape index (κ1) is 20.6. The van der Waals surface area contributed by atoms with Gasteiger partial charge in [-0.2, -0.15) is 0 Å². The molecule has 0 saturated carbocycles. The summed E-state index contributed by atoms with van der Waals surface area (Å²) in [7, 11) is 0. The maximum atomic E-state index is 12.7. The first-order chi connectivity index (χ1) is 15.1. The molecule has 8 nitrogen and oxygen atoms in total. The zero-order valence-electron chi connectivity index (χ0n) is 17.4. The van der Waals surface area contributed by atoms with E-state index in [1.807, 2.05) is 43.3 Å². The summed E-state index contributed by atoms with van der Waals surface area (Å²) in [6.07, 6.45) is 6.48. The Morgan fingerprint density at radius 2 is 1.97 bits per heavy atom. The van der Waals surface area contributed by atoms with Crippen LogP contribution in [0.4, 0.5) is 10.5 Å². The van der Waals surface area contributed by atoms with Crippen molar-refractivity contribution < 1.29 is 9.53 Å². The van der Waals surface area contributed by atoms with E-state index in [1.165, 1.54) is 10.8 Å². The SMILES string of the molecule is Cc1ccnc(OC2CCN(C(=O)Nc3cccc(Cn4cccnc4=O)c3)CC2)c1. The van der Waals surface area contributed by atoms with Gasteiger partial charge in [-0.05, 0) is 42.3 Å². The standard InChI is InChI=1S/C23H25N5O3/c1-17-6-10-24-21(14-17)31-20-7-12-27(13-8-20)23(30)26-19-5-2-4-18(15-19)16-28-11-3-9-25-22(28)29/h2-6,9-11,14-15,20H,7-8,12-13,16H2,1H3,(H,26,30). The van der Waals surface area contributed by atoms with E-state index in [-0.39, 0.29) is 17.8 Å². The Hall–Kier alpha value is -3.68. The van der Waals surface area contributed by atoms with Gasteiger partial charge in [0.05, 0.1) is 6.54 Å². The van der Waals surface area contributed by atoms with Crippen LogP contribution in [-0.4, -0.2) is 44.7 Å². The molecule has 0 atom stereocenters. The van der Waals surface area contributed by atoms with Crippen molar-refractivity contribution in [3.8, 4) is 5.88 Å². The van der Waals surface area contributed by atoms with Gasteiger partial charge < -0.3 is 15.0 Å². The molecule has 31 heavy (non-hydrogen) atoms. The van der Waals surface area contributed by atoms with Crippen molar-refractivity contribution >= 4 is 11.7 Å². The molecule has 1 N–H and O–H groups in total. The number of carbonyl (C=O) groups is 1. The highest BCUT2D eigenvalue weighted by Gasteiger charge is 2.24. The molecule has 1 saturated heterocycles. The van der Waals surface area contributed by atoms with Gasteiger partial charge in [-0.25, -0.2) is 19.6 Å². The average molecular weight is 419 g/mol. The quantitative estimate of drug-likeness (QED) is 0.687. The van der Waals surface area contributed by atoms with Gasteiger partial charge in [0, 0.05) is 56.3 Å². The fraction of sp³-hybridized carbons (Fsp3) is 0.304. The van der Waals surface area contributed by atoms with Crippen LogP contribution in [0.3, 0.4) is 0 Å². The number of aromatic nitrogens is 3. The van der Waals surface area contributed by atoms with E-state index in [9.17, 15) is 9.59 Å². The molecule has 0 bridgehead atoms. The molecule has 0 unspecified atom stereocenters. The van der Waals surface area contributed by atoms with Gasteiger partial charge in [0.2, 0.25) is 5.88 Å². The molecule has 1 aliphatic rings. The van der Waals surface area contributed by atoms with E-state index in [0.717, 1.165) is 24.0 Å². The molecule has 2 amide bonds. The van der Waals surface area contributed by atoms with Crippen LogP contribution in [-0.2, 0) is 6.54 Å². The van der Waals surface area contributed by atoms with Gasteiger partial charge in [0.25, 0.3) is 0 Å². The third-order valence-corrected chi connectivity index (χ3v) is 5.22. The monoisotopic (exact) mass is 419 g/mol. The topological polar surface area (TPSA) is 89.3 Å². The van der Waals surface area contributed by atoms with Crippen molar-refractivity contribution in [2.75, 3.05) is 18.4 Å². The molecule has 3 heterocycles. The lowest BCUT2D eigenvalue weighted by Gasteiger charge is -2.32. The summed E-state index contributed by atoms with van der Waals surface area (Å²) in [5, 5.41) is 2.96. The summed E-state index contributed by atoms with van der Waals surface area (Å²) in [6, 6.07) is 12.9. The molecule has 0 aliphatic carbocycles. The second-order valence-electron chi connectivity index (χ2n) is 7.64. The number of ether oxygens (including phenoxy) is 1. The van der Waals surface area contributed by atoms with Gasteiger partial charge in [0.15, 0.2) is 0 Å². The van der Waals surface area contributed by atoms with Gasteiger partial charge in [-0.1, -0.05) is 12.1 Å². The molecule has 160 valence electrons. The van der Waals surface area contributed by atoms with Crippen LogP contribution >= 0.6 is 0 Å². The fourth-order valence-electron chi connectivity index (χ4n) is 3.57. The van der Waals surface area contributed by atoms with Crippen molar-refractivity contribution in [3.63, 3.8) is 0 Å². The number of hydrogen-bond acceptors (Lipinski definition) is 5. The van der Waals surface area contributed by atoms with Gasteiger partial charge >= 0.3 is 11.7 Å². The number of nitrogens with one attached hydrogen (secondary N) is 1. The third-order valence-electron chi connectivity index (χ3n) is 5.22. The van der Waals surface area contributed by atoms with Crippen molar-refractivity contribution in [1.82, 2.24) is 19.4 Å². The average Bonchev–Trinajstić information content (AvgIpc) is 2.76. The molecule has 1 aliphatic heterocycles. The molecule has 0 spiro atoms. The summed E-state index contributed by atoms with van der Waals surface area (Å²) >= 11 is 0. The number of urea groups is 1. The molecule has 4 rings (SSSR count). The smallest absolute Gasteiger partial charge is 0.347 e.